The minimum atomic E-state index is 0. The van der Waals surface area contributed by atoms with Gasteiger partial charge in [-0.15, -0.1) is 0 Å². The smallest absolute Gasteiger partial charge is 0.0786 e. The van der Waals surface area contributed by atoms with Gasteiger partial charge in [0, 0.05) is 20.4 Å². The van der Waals surface area contributed by atoms with Crippen LogP contribution in [0.2, 0.25) is 0 Å². The topological polar surface area (TPSA) is 118 Å². The van der Waals surface area contributed by atoms with Crippen LogP contribution in [0.4, 0.5) is 0 Å². The molecule has 0 fully saturated rings. The molecular formula is C16H39NO4Re-4. The summed E-state index contributed by atoms with van der Waals surface area (Å²) in [5.74, 6) is 0. The van der Waals surface area contributed by atoms with Gasteiger partial charge in [0.25, 0.3) is 0 Å². The molecule has 0 aliphatic heterocycles. The van der Waals surface area contributed by atoms with E-state index < -0.39 is 0 Å². The van der Waals surface area contributed by atoms with Crippen molar-refractivity contribution in [3.8, 4) is 0 Å². The van der Waals surface area contributed by atoms with E-state index in [4.69, 9.17) is 0 Å². The van der Waals surface area contributed by atoms with Crippen molar-refractivity contribution in [2.75, 3.05) is 26.2 Å². The van der Waals surface area contributed by atoms with Crippen molar-refractivity contribution in [1.82, 2.24) is 0 Å². The van der Waals surface area contributed by atoms with Crippen LogP contribution in [-0.4, -0.2) is 47.1 Å². The summed E-state index contributed by atoms with van der Waals surface area (Å²) in [5.41, 5.74) is 0. The van der Waals surface area contributed by atoms with Gasteiger partial charge >= 0.3 is 0 Å². The maximum atomic E-state index is 2.33. The molecule has 0 aromatic heterocycles. The molecular weight excluding hydrogens is 456 g/mol. The summed E-state index contributed by atoms with van der Waals surface area (Å²) < 4.78 is 1.42. The predicted octanol–water partition coefficient (Wildman–Crippen LogP) is 4.35. The van der Waals surface area contributed by atoms with Gasteiger partial charge in [0.1, 0.15) is 0 Å². The Balaban J connectivity index is -0.000000128. The van der Waals surface area contributed by atoms with Gasteiger partial charge in [-0.3, -0.25) is 0 Å². The first kappa shape index (κ1) is 38.2. The van der Waals surface area contributed by atoms with E-state index in [2.05, 4.69) is 27.7 Å². The number of nitrogens with zero attached hydrogens (tertiary/aromatic N) is 1. The molecule has 0 spiro atoms. The Kier molecular flexibility index (Phi) is 45.8. The summed E-state index contributed by atoms with van der Waals surface area (Å²) in [5, 5.41) is 0. The first-order chi connectivity index (χ1) is 8.24. The zero-order chi connectivity index (χ0) is 13.0. The van der Waals surface area contributed by atoms with E-state index in [1.54, 1.807) is 0 Å². The van der Waals surface area contributed by atoms with Crippen LogP contribution >= 0.6 is 0 Å². The summed E-state index contributed by atoms with van der Waals surface area (Å²) in [7, 11) is 0. The van der Waals surface area contributed by atoms with Gasteiger partial charge in [-0.25, -0.2) is 0 Å². The predicted molar refractivity (Wildman–Crippen MR) is 85.9 cm³/mol. The number of hydrogen-bond acceptors (Lipinski definition) is 3. The number of hydrogen-bond donors (Lipinski definition) is 0. The first-order valence-electron chi connectivity index (χ1n) is 8.09. The van der Waals surface area contributed by atoms with Crippen LogP contribution in [0, 0.1) is 0 Å². The Labute approximate surface area is 152 Å². The summed E-state index contributed by atoms with van der Waals surface area (Å²) in [6.45, 7) is 15.0. The Hall–Kier alpha value is 0.462. The van der Waals surface area contributed by atoms with Crippen LogP contribution in [0.1, 0.15) is 79.1 Å². The average Bonchev–Trinajstić information content (AvgIpc) is 2.37. The minimum Gasteiger partial charge on any atom is -2.00 e. The average molecular weight is 496 g/mol. The molecule has 22 heavy (non-hydrogen) atoms. The molecule has 143 valence electrons. The van der Waals surface area contributed by atoms with Crippen molar-refractivity contribution in [2.45, 2.75) is 79.1 Å². The van der Waals surface area contributed by atoms with Gasteiger partial charge < -0.3 is 26.4 Å². The largest absolute Gasteiger partial charge is 2.00 e. The summed E-state index contributed by atoms with van der Waals surface area (Å²) in [6, 6.07) is 0. The van der Waals surface area contributed by atoms with E-state index in [0.29, 0.717) is 0 Å². The molecule has 0 bridgehead atoms. The van der Waals surface area contributed by atoms with Crippen molar-refractivity contribution >= 4 is 0 Å². The van der Waals surface area contributed by atoms with Gasteiger partial charge in [0.15, 0.2) is 0 Å². The van der Waals surface area contributed by atoms with Gasteiger partial charge in [0.2, 0.25) is 0 Å². The Morgan fingerprint density at radius 2 is 0.682 bits per heavy atom. The van der Waals surface area contributed by atoms with Crippen molar-refractivity contribution in [3.05, 3.63) is 0 Å². The minimum absolute atomic E-state index is 0. The fourth-order valence-corrected chi connectivity index (χ4v) is 2.64. The van der Waals surface area contributed by atoms with E-state index in [0.717, 1.165) is 0 Å². The molecule has 0 heterocycles. The molecule has 0 aromatic rings. The molecule has 0 saturated carbocycles. The third kappa shape index (κ3) is 18.5. The fraction of sp³-hybridized carbons (Fsp3) is 1.00. The van der Waals surface area contributed by atoms with Crippen molar-refractivity contribution in [2.24, 2.45) is 0 Å². The first-order valence-corrected chi connectivity index (χ1v) is 8.09. The second-order valence-corrected chi connectivity index (χ2v) is 5.65. The zero-order valence-electron chi connectivity index (χ0n) is 15.1. The molecule has 6 heteroatoms. The zero-order valence-corrected chi connectivity index (χ0v) is 17.8. The van der Waals surface area contributed by atoms with E-state index in [-0.39, 0.29) is 42.3 Å². The Morgan fingerprint density at radius 1 is 0.500 bits per heavy atom. The molecule has 0 aliphatic rings. The molecule has 0 unspecified atom stereocenters. The summed E-state index contributed by atoms with van der Waals surface area (Å²) in [4.78, 5) is 0. The quantitative estimate of drug-likeness (QED) is 0.374. The van der Waals surface area contributed by atoms with Crippen LogP contribution in [0.25, 0.3) is 0 Å². The van der Waals surface area contributed by atoms with E-state index in [9.17, 15) is 0 Å². The molecule has 0 aromatic carbocycles. The second kappa shape index (κ2) is 26.4. The Bertz CT molecular complexity index is 137. The van der Waals surface area contributed by atoms with Gasteiger partial charge in [0.05, 0.1) is 26.2 Å². The van der Waals surface area contributed by atoms with Gasteiger partial charge in [-0.05, 0) is 25.7 Å². The fourth-order valence-electron chi connectivity index (χ4n) is 2.64. The number of quaternary nitrogens is 1. The molecule has 0 atom stereocenters. The van der Waals surface area contributed by atoms with Crippen molar-refractivity contribution in [1.29, 1.82) is 0 Å². The summed E-state index contributed by atoms with van der Waals surface area (Å²) in [6.07, 6.45) is 11.1. The third-order valence-electron chi connectivity index (χ3n) is 3.94. The standard InChI is InChI=1S/C16H36N.3H2O.O.Re/c1-5-9-13-17(14-10-6-2,15-11-7-3)16-12-8-4;;;;;/h5-16H2,1-4H3;3*1H2;;/q+1;;;;-2;/p-3. The van der Waals surface area contributed by atoms with Crippen LogP contribution in [0.5, 0.6) is 0 Å². The Morgan fingerprint density at radius 3 is 0.818 bits per heavy atom. The van der Waals surface area contributed by atoms with Crippen molar-refractivity contribution in [3.63, 3.8) is 0 Å². The van der Waals surface area contributed by atoms with Crippen LogP contribution < -0.4 is 0 Å². The maximum Gasteiger partial charge on any atom is 0.0786 e. The second-order valence-electron chi connectivity index (χ2n) is 5.65. The molecule has 3 N–H and O–H groups in total. The van der Waals surface area contributed by atoms with E-state index >= 15 is 0 Å². The SMILES string of the molecule is CCCC[N+](CCCC)(CCCC)CCCC.[O-2].[OH-].[OH-].[OH-].[Re]. The molecule has 0 amide bonds. The van der Waals surface area contributed by atoms with E-state index in [1.807, 2.05) is 0 Å². The monoisotopic (exact) mass is 496 g/mol. The summed E-state index contributed by atoms with van der Waals surface area (Å²) >= 11 is 0. The van der Waals surface area contributed by atoms with Crippen LogP contribution in [0.3, 0.4) is 0 Å². The molecule has 0 saturated heterocycles. The molecule has 1 radical (unpaired) electrons. The van der Waals surface area contributed by atoms with E-state index in [1.165, 1.54) is 82.0 Å². The van der Waals surface area contributed by atoms with Crippen LogP contribution in [-0.2, 0) is 25.9 Å². The number of unbranched alkanes of at least 4 members (excludes halogenated alkanes) is 4. The maximum absolute atomic E-state index is 2.33. The molecule has 0 aliphatic carbocycles. The van der Waals surface area contributed by atoms with Crippen molar-refractivity contribution < 1.29 is 46.8 Å². The third-order valence-corrected chi connectivity index (χ3v) is 3.94. The van der Waals surface area contributed by atoms with Gasteiger partial charge in [-0.2, -0.15) is 0 Å². The normalized spacial score (nSPS) is 9.27. The van der Waals surface area contributed by atoms with Crippen LogP contribution in [0.15, 0.2) is 0 Å². The molecule has 5 nitrogen and oxygen atoms in total. The van der Waals surface area contributed by atoms with Gasteiger partial charge in [-0.1, -0.05) is 53.4 Å². The number of rotatable bonds is 12. The molecule has 0 rings (SSSR count).